The number of nitrogens with two attached hydrogens (primary N) is 1. The Kier molecular flexibility index (Phi) is 3.67. The van der Waals surface area contributed by atoms with Gasteiger partial charge in [0.15, 0.2) is 0 Å². The molecule has 0 aliphatic carbocycles. The smallest absolute Gasteiger partial charge is 0.146 e. The minimum Gasteiger partial charge on any atom is -0.396 e. The summed E-state index contributed by atoms with van der Waals surface area (Å²) in [5.41, 5.74) is 6.72. The average molecular weight is 236 g/mol. The van der Waals surface area contributed by atoms with E-state index in [-0.39, 0.29) is 11.5 Å². The van der Waals surface area contributed by atoms with Crippen LogP contribution in [0.1, 0.15) is 25.8 Å². The summed E-state index contributed by atoms with van der Waals surface area (Å²) in [6.45, 7) is 7.63. The predicted octanol–water partition coefficient (Wildman–Crippen LogP) is 2.89. The van der Waals surface area contributed by atoms with Crippen LogP contribution < -0.4 is 5.73 Å². The van der Waals surface area contributed by atoms with E-state index in [1.165, 1.54) is 6.42 Å². The Morgan fingerprint density at radius 3 is 2.82 bits per heavy atom. The molecule has 0 aromatic heterocycles. The molecule has 0 radical (unpaired) electrons. The van der Waals surface area contributed by atoms with Gasteiger partial charge in [0.1, 0.15) is 5.82 Å². The van der Waals surface area contributed by atoms with E-state index < -0.39 is 0 Å². The monoisotopic (exact) mass is 236 g/mol. The first kappa shape index (κ1) is 12.4. The summed E-state index contributed by atoms with van der Waals surface area (Å²) in [5.74, 6) is 1.22. The van der Waals surface area contributed by atoms with Crippen molar-refractivity contribution < 1.29 is 4.39 Å². The summed E-state index contributed by atoms with van der Waals surface area (Å²) in [4.78, 5) is 2.40. The number of rotatable bonds is 3. The third-order valence-electron chi connectivity index (χ3n) is 3.72. The highest BCUT2D eigenvalue weighted by atomic mass is 19.1. The number of halogens is 1. The van der Waals surface area contributed by atoms with Gasteiger partial charge in [-0.25, -0.2) is 4.39 Å². The second kappa shape index (κ2) is 5.05. The van der Waals surface area contributed by atoms with Crippen molar-refractivity contribution in [3.8, 4) is 0 Å². The molecule has 0 spiro atoms. The van der Waals surface area contributed by atoms with Crippen LogP contribution in [0.4, 0.5) is 10.1 Å². The Balaban J connectivity index is 1.96. The summed E-state index contributed by atoms with van der Waals surface area (Å²) in [6.07, 6.45) is 1.26. The van der Waals surface area contributed by atoms with Gasteiger partial charge in [-0.05, 0) is 42.5 Å². The molecule has 94 valence electrons. The first-order chi connectivity index (χ1) is 8.06. The fourth-order valence-corrected chi connectivity index (χ4v) is 2.48. The van der Waals surface area contributed by atoms with Crippen LogP contribution in [-0.4, -0.2) is 18.0 Å². The van der Waals surface area contributed by atoms with E-state index in [2.05, 4.69) is 18.7 Å². The van der Waals surface area contributed by atoms with E-state index in [1.807, 2.05) is 6.07 Å². The molecule has 1 fully saturated rings. The van der Waals surface area contributed by atoms with Crippen LogP contribution in [0.3, 0.4) is 0 Å². The molecule has 2 rings (SSSR count). The minimum atomic E-state index is -0.304. The Hall–Kier alpha value is -1.09. The number of likely N-dealkylation sites (tertiary alicyclic amines) is 1. The Labute approximate surface area is 103 Å². The van der Waals surface area contributed by atoms with E-state index in [9.17, 15) is 4.39 Å². The maximum absolute atomic E-state index is 13.3. The van der Waals surface area contributed by atoms with Gasteiger partial charge in [-0.1, -0.05) is 19.9 Å². The molecule has 17 heavy (non-hydrogen) atoms. The van der Waals surface area contributed by atoms with Crippen molar-refractivity contribution in [3.05, 3.63) is 29.6 Å². The normalized spacial score (nSPS) is 21.3. The van der Waals surface area contributed by atoms with Crippen molar-refractivity contribution in [3.63, 3.8) is 0 Å². The molecule has 1 aliphatic rings. The first-order valence-electron chi connectivity index (χ1n) is 6.32. The van der Waals surface area contributed by atoms with Crippen molar-refractivity contribution in [2.45, 2.75) is 26.8 Å². The van der Waals surface area contributed by atoms with Crippen molar-refractivity contribution in [1.82, 2.24) is 4.90 Å². The van der Waals surface area contributed by atoms with Crippen LogP contribution in [-0.2, 0) is 6.54 Å². The fourth-order valence-electron chi connectivity index (χ4n) is 2.48. The van der Waals surface area contributed by atoms with E-state index in [1.54, 1.807) is 12.1 Å². The molecule has 1 unspecified atom stereocenters. The van der Waals surface area contributed by atoms with Crippen molar-refractivity contribution >= 4 is 5.69 Å². The highest BCUT2D eigenvalue weighted by molar-refractivity contribution is 5.41. The van der Waals surface area contributed by atoms with Gasteiger partial charge >= 0.3 is 0 Å². The number of hydrogen-bond donors (Lipinski definition) is 1. The first-order valence-corrected chi connectivity index (χ1v) is 6.32. The zero-order chi connectivity index (χ0) is 12.4. The quantitative estimate of drug-likeness (QED) is 0.818. The second-order valence-electron chi connectivity index (χ2n) is 5.38. The van der Waals surface area contributed by atoms with Crippen molar-refractivity contribution in [1.29, 1.82) is 0 Å². The van der Waals surface area contributed by atoms with Gasteiger partial charge in [0.25, 0.3) is 0 Å². The summed E-state index contributed by atoms with van der Waals surface area (Å²) < 4.78 is 13.3. The second-order valence-corrected chi connectivity index (χ2v) is 5.38. The highest BCUT2D eigenvalue weighted by Crippen LogP contribution is 2.25. The SMILES string of the molecule is CC(C)C1CCN(Cc2ccc(N)c(F)c2)C1. The highest BCUT2D eigenvalue weighted by Gasteiger charge is 2.24. The minimum absolute atomic E-state index is 0.232. The lowest BCUT2D eigenvalue weighted by Gasteiger charge is -2.18. The number of benzene rings is 1. The van der Waals surface area contributed by atoms with Gasteiger partial charge in [0, 0.05) is 13.1 Å². The average Bonchev–Trinajstić information content (AvgIpc) is 2.72. The molecule has 2 N–H and O–H groups in total. The van der Waals surface area contributed by atoms with Gasteiger partial charge < -0.3 is 5.73 Å². The van der Waals surface area contributed by atoms with Crippen LogP contribution in [0, 0.1) is 17.7 Å². The van der Waals surface area contributed by atoms with Gasteiger partial charge in [0.2, 0.25) is 0 Å². The molecule has 2 nitrogen and oxygen atoms in total. The molecule has 1 aromatic carbocycles. The standard InChI is InChI=1S/C14H21FN2/c1-10(2)12-5-6-17(9-12)8-11-3-4-14(16)13(15)7-11/h3-4,7,10,12H,5-6,8-9,16H2,1-2H3. The molecule has 0 bridgehead atoms. The third kappa shape index (κ3) is 2.97. The van der Waals surface area contributed by atoms with Gasteiger partial charge in [-0.3, -0.25) is 4.90 Å². The molecular formula is C14H21FN2. The maximum Gasteiger partial charge on any atom is 0.146 e. The molecule has 0 amide bonds. The van der Waals surface area contributed by atoms with Gasteiger partial charge in [-0.2, -0.15) is 0 Å². The summed E-state index contributed by atoms with van der Waals surface area (Å²) in [5, 5.41) is 0. The van der Waals surface area contributed by atoms with Gasteiger partial charge in [-0.15, -0.1) is 0 Å². The molecule has 1 atom stereocenters. The molecular weight excluding hydrogens is 215 g/mol. The lowest BCUT2D eigenvalue weighted by atomic mass is 9.95. The fraction of sp³-hybridized carbons (Fsp3) is 0.571. The molecule has 1 aromatic rings. The number of anilines is 1. The van der Waals surface area contributed by atoms with E-state index in [0.29, 0.717) is 0 Å². The predicted molar refractivity (Wildman–Crippen MR) is 69.0 cm³/mol. The lowest BCUT2D eigenvalue weighted by Crippen LogP contribution is -2.21. The molecule has 1 heterocycles. The molecule has 3 heteroatoms. The summed E-state index contributed by atoms with van der Waals surface area (Å²) >= 11 is 0. The Bertz CT molecular complexity index is 390. The van der Waals surface area contributed by atoms with Gasteiger partial charge in [0.05, 0.1) is 5.69 Å². The van der Waals surface area contributed by atoms with Crippen LogP contribution in [0.5, 0.6) is 0 Å². The van der Waals surface area contributed by atoms with Crippen molar-refractivity contribution in [2.24, 2.45) is 11.8 Å². The third-order valence-corrected chi connectivity index (χ3v) is 3.72. The number of hydrogen-bond acceptors (Lipinski definition) is 2. The lowest BCUT2D eigenvalue weighted by molar-refractivity contribution is 0.296. The topological polar surface area (TPSA) is 29.3 Å². The van der Waals surface area contributed by atoms with Crippen LogP contribution in [0.2, 0.25) is 0 Å². The Morgan fingerprint density at radius 1 is 1.47 bits per heavy atom. The maximum atomic E-state index is 13.3. The summed E-state index contributed by atoms with van der Waals surface area (Å²) in [7, 11) is 0. The van der Waals surface area contributed by atoms with Crippen molar-refractivity contribution in [2.75, 3.05) is 18.8 Å². The van der Waals surface area contributed by atoms with E-state index in [4.69, 9.17) is 5.73 Å². The molecule has 0 saturated carbocycles. The number of nitrogens with zero attached hydrogens (tertiary/aromatic N) is 1. The zero-order valence-corrected chi connectivity index (χ0v) is 10.6. The zero-order valence-electron chi connectivity index (χ0n) is 10.6. The van der Waals surface area contributed by atoms with E-state index >= 15 is 0 Å². The van der Waals surface area contributed by atoms with Crippen LogP contribution in [0.25, 0.3) is 0 Å². The Morgan fingerprint density at radius 2 is 2.24 bits per heavy atom. The van der Waals surface area contributed by atoms with E-state index in [0.717, 1.165) is 37.0 Å². The largest absolute Gasteiger partial charge is 0.396 e. The molecule has 1 aliphatic heterocycles. The summed E-state index contributed by atoms with van der Waals surface area (Å²) in [6, 6.07) is 5.12. The van der Waals surface area contributed by atoms with Crippen LogP contribution in [0.15, 0.2) is 18.2 Å². The van der Waals surface area contributed by atoms with Crippen LogP contribution >= 0.6 is 0 Å². The molecule has 1 saturated heterocycles. The number of nitrogen functional groups attached to an aromatic ring is 1.